The highest BCUT2D eigenvalue weighted by molar-refractivity contribution is 7.89. The van der Waals surface area contributed by atoms with E-state index in [1.165, 1.54) is 28.6 Å². The first-order valence-corrected chi connectivity index (χ1v) is 13.0. The molecule has 2 aromatic carbocycles. The number of benzene rings is 2. The summed E-state index contributed by atoms with van der Waals surface area (Å²) >= 11 is 0. The maximum Gasteiger partial charge on any atom is 0.322 e. The fraction of sp³-hybridized carbons (Fsp3) is 0.250. The molecule has 0 radical (unpaired) electrons. The van der Waals surface area contributed by atoms with Crippen LogP contribution in [-0.4, -0.2) is 50.0 Å². The average molecular weight is 479 g/mol. The zero-order valence-corrected chi connectivity index (χ0v) is 19.1. The molecule has 3 rings (SSSR count). The minimum absolute atomic E-state index is 0.0556. The predicted molar refractivity (Wildman–Crippen MR) is 117 cm³/mol. The zero-order valence-electron chi connectivity index (χ0n) is 17.4. The summed E-state index contributed by atoms with van der Waals surface area (Å²) in [5.74, 6) is -1.21. The Labute approximate surface area is 186 Å². The van der Waals surface area contributed by atoms with Gasteiger partial charge in [0, 0.05) is 24.9 Å². The maximum atomic E-state index is 13.0. The summed E-state index contributed by atoms with van der Waals surface area (Å²) in [6.07, 6.45) is 1.02. The molecule has 0 spiro atoms. The van der Waals surface area contributed by atoms with Crippen molar-refractivity contribution in [1.29, 1.82) is 0 Å². The predicted octanol–water partition coefficient (Wildman–Crippen LogP) is 2.08. The summed E-state index contributed by atoms with van der Waals surface area (Å²) in [6, 6.07) is 14.4. The van der Waals surface area contributed by atoms with Crippen LogP contribution in [0.2, 0.25) is 0 Å². The highest BCUT2D eigenvalue weighted by Gasteiger charge is 2.24. The van der Waals surface area contributed by atoms with Crippen LogP contribution in [0.4, 0.5) is 6.01 Å². The molecular formula is C20H22N4O6S2. The van der Waals surface area contributed by atoms with Crippen LogP contribution >= 0.6 is 0 Å². The van der Waals surface area contributed by atoms with E-state index >= 15 is 0 Å². The van der Waals surface area contributed by atoms with Crippen LogP contribution in [0, 0.1) is 0 Å². The lowest BCUT2D eigenvalue weighted by Gasteiger charge is -2.20. The molecule has 12 heteroatoms. The van der Waals surface area contributed by atoms with E-state index in [0.29, 0.717) is 0 Å². The Kier molecular flexibility index (Phi) is 7.06. The molecule has 0 unspecified atom stereocenters. The molecule has 0 fully saturated rings. The fourth-order valence-corrected chi connectivity index (χ4v) is 4.84. The number of amides is 1. The third kappa shape index (κ3) is 5.99. The van der Waals surface area contributed by atoms with Crippen molar-refractivity contribution in [3.05, 3.63) is 71.6 Å². The van der Waals surface area contributed by atoms with E-state index in [9.17, 15) is 21.6 Å². The number of aromatic nitrogens is 2. The number of anilines is 1. The van der Waals surface area contributed by atoms with Crippen LogP contribution in [0.15, 0.2) is 63.9 Å². The molecule has 0 atom stereocenters. The van der Waals surface area contributed by atoms with Gasteiger partial charge in [-0.25, -0.2) is 16.8 Å². The molecule has 0 saturated carbocycles. The Balaban J connectivity index is 1.71. The molecule has 10 nitrogen and oxygen atoms in total. The van der Waals surface area contributed by atoms with Gasteiger partial charge in [-0.2, -0.15) is 4.31 Å². The van der Waals surface area contributed by atoms with Gasteiger partial charge in [0.2, 0.25) is 15.9 Å². The fourth-order valence-electron chi connectivity index (χ4n) is 2.84. The number of rotatable bonds is 9. The van der Waals surface area contributed by atoms with Crippen molar-refractivity contribution in [3.63, 3.8) is 0 Å². The van der Waals surface area contributed by atoms with Gasteiger partial charge in [0.1, 0.15) is 5.75 Å². The summed E-state index contributed by atoms with van der Waals surface area (Å²) in [7, 11) is -7.12. The van der Waals surface area contributed by atoms with Crippen molar-refractivity contribution in [2.75, 3.05) is 18.1 Å². The lowest BCUT2D eigenvalue weighted by Crippen LogP contribution is -2.30. The van der Waals surface area contributed by atoms with Gasteiger partial charge < -0.3 is 4.42 Å². The third-order valence-electron chi connectivity index (χ3n) is 4.38. The van der Waals surface area contributed by atoms with Gasteiger partial charge >= 0.3 is 6.01 Å². The number of carbonyl (C=O) groups excluding carboxylic acids is 1. The van der Waals surface area contributed by atoms with Crippen molar-refractivity contribution < 1.29 is 26.0 Å². The monoisotopic (exact) mass is 478 g/mol. The van der Waals surface area contributed by atoms with Crippen molar-refractivity contribution in [3.8, 4) is 0 Å². The zero-order chi connectivity index (χ0) is 23.4. The van der Waals surface area contributed by atoms with Gasteiger partial charge in [-0.15, -0.1) is 5.10 Å². The Morgan fingerprint density at radius 2 is 1.66 bits per heavy atom. The van der Waals surface area contributed by atoms with Gasteiger partial charge in [0.05, 0.1) is 4.90 Å². The summed E-state index contributed by atoms with van der Waals surface area (Å²) in [5.41, 5.74) is 1.03. The molecule has 0 aliphatic rings. The van der Waals surface area contributed by atoms with Gasteiger partial charge in [-0.05, 0) is 29.8 Å². The molecule has 1 N–H and O–H groups in total. The van der Waals surface area contributed by atoms with Crippen LogP contribution in [0.1, 0.15) is 28.7 Å². The highest BCUT2D eigenvalue weighted by Crippen LogP contribution is 2.19. The molecule has 0 aliphatic heterocycles. The van der Waals surface area contributed by atoms with E-state index in [4.69, 9.17) is 4.42 Å². The SMILES string of the molecule is CCN(Cc1ccccc1)S(=O)(=O)c1ccc(C(=O)Nc2nnc(CS(C)(=O)=O)o2)cc1. The van der Waals surface area contributed by atoms with Gasteiger partial charge in [0.15, 0.2) is 9.84 Å². The van der Waals surface area contributed by atoms with Crippen molar-refractivity contribution in [2.24, 2.45) is 0 Å². The first kappa shape index (κ1) is 23.6. The molecule has 3 aromatic rings. The van der Waals surface area contributed by atoms with E-state index in [-0.39, 0.29) is 35.5 Å². The van der Waals surface area contributed by atoms with Gasteiger partial charge in [-0.1, -0.05) is 42.4 Å². The van der Waals surface area contributed by atoms with Crippen LogP contribution in [0.3, 0.4) is 0 Å². The van der Waals surface area contributed by atoms with Crippen LogP contribution in [-0.2, 0) is 32.2 Å². The second-order valence-electron chi connectivity index (χ2n) is 6.97. The molecule has 0 aliphatic carbocycles. The number of nitrogens with zero attached hydrogens (tertiary/aromatic N) is 3. The largest absolute Gasteiger partial charge is 0.407 e. The molecular weight excluding hydrogens is 456 g/mol. The summed E-state index contributed by atoms with van der Waals surface area (Å²) < 4.78 is 55.0. The number of carbonyl (C=O) groups is 1. The standard InChI is InChI=1S/C20H22N4O6S2/c1-3-24(13-15-7-5-4-6-8-15)32(28,29)17-11-9-16(10-12-17)19(25)21-20-23-22-18(30-20)14-31(2,26)27/h4-12H,3,13-14H2,1-2H3,(H,21,23,25). The van der Waals surface area contributed by atoms with Crippen molar-refractivity contribution >= 4 is 31.8 Å². The van der Waals surface area contributed by atoms with Crippen LogP contribution in [0.25, 0.3) is 0 Å². The smallest absolute Gasteiger partial charge is 0.322 e. The number of hydrogen-bond donors (Lipinski definition) is 1. The van der Waals surface area contributed by atoms with Gasteiger partial charge in [0.25, 0.3) is 5.91 Å². The Hall–Kier alpha value is -3.09. The minimum atomic E-state index is -3.76. The molecule has 170 valence electrons. The lowest BCUT2D eigenvalue weighted by atomic mass is 10.2. The average Bonchev–Trinajstić information content (AvgIpc) is 3.17. The van der Waals surface area contributed by atoms with E-state index in [0.717, 1.165) is 11.8 Å². The normalized spacial score (nSPS) is 12.1. The maximum absolute atomic E-state index is 13.0. The van der Waals surface area contributed by atoms with Crippen LogP contribution < -0.4 is 5.32 Å². The second-order valence-corrected chi connectivity index (χ2v) is 11.0. The second kappa shape index (κ2) is 9.59. The summed E-state index contributed by atoms with van der Waals surface area (Å²) in [6.45, 7) is 2.27. The van der Waals surface area contributed by atoms with Crippen molar-refractivity contribution in [1.82, 2.24) is 14.5 Å². The number of hydrogen-bond acceptors (Lipinski definition) is 8. The minimum Gasteiger partial charge on any atom is -0.407 e. The molecule has 32 heavy (non-hydrogen) atoms. The quantitative estimate of drug-likeness (QED) is 0.493. The van der Waals surface area contributed by atoms with Crippen LogP contribution in [0.5, 0.6) is 0 Å². The van der Waals surface area contributed by atoms with Crippen molar-refractivity contribution in [2.45, 2.75) is 24.1 Å². The summed E-state index contributed by atoms with van der Waals surface area (Å²) in [4.78, 5) is 12.4. The number of nitrogens with one attached hydrogen (secondary N) is 1. The van der Waals surface area contributed by atoms with Gasteiger partial charge in [-0.3, -0.25) is 10.1 Å². The molecule has 1 heterocycles. The van der Waals surface area contributed by atoms with E-state index in [2.05, 4.69) is 15.5 Å². The Bertz CT molecular complexity index is 1290. The topological polar surface area (TPSA) is 140 Å². The van der Waals surface area contributed by atoms with E-state index < -0.39 is 31.5 Å². The molecule has 0 saturated heterocycles. The molecule has 1 aromatic heterocycles. The molecule has 1 amide bonds. The lowest BCUT2D eigenvalue weighted by molar-refractivity contribution is 0.102. The first-order valence-electron chi connectivity index (χ1n) is 9.54. The number of sulfonamides is 1. The Morgan fingerprint density at radius 3 is 2.25 bits per heavy atom. The van der Waals surface area contributed by atoms with E-state index in [1.54, 1.807) is 6.92 Å². The highest BCUT2D eigenvalue weighted by atomic mass is 32.2. The van der Waals surface area contributed by atoms with E-state index in [1.807, 2.05) is 30.3 Å². The summed E-state index contributed by atoms with van der Waals surface area (Å²) in [5, 5.41) is 9.50. The third-order valence-corrected chi connectivity index (χ3v) is 7.09. The Morgan fingerprint density at radius 1 is 1.00 bits per heavy atom. The number of sulfone groups is 1. The molecule has 0 bridgehead atoms. The first-order chi connectivity index (χ1) is 15.1.